The molecule has 10 heteroatoms. The fourth-order valence-electron chi connectivity index (χ4n) is 3.03. The maximum Gasteiger partial charge on any atom is 0.244 e. The molecule has 2 aromatic carbocycles. The van der Waals surface area contributed by atoms with Gasteiger partial charge in [-0.2, -0.15) is 0 Å². The minimum atomic E-state index is -3.76. The number of sulfonamides is 1. The van der Waals surface area contributed by atoms with E-state index in [9.17, 15) is 18.0 Å². The number of carbonyl (C=O) groups is 2. The topological polar surface area (TPSA) is 86.8 Å². The third-order valence-corrected chi connectivity index (χ3v) is 6.64. The molecule has 0 saturated heterocycles. The summed E-state index contributed by atoms with van der Waals surface area (Å²) >= 11 is 9.33. The van der Waals surface area contributed by atoms with Crippen LogP contribution in [-0.4, -0.2) is 50.5 Å². The molecule has 2 rings (SSSR count). The molecule has 2 aromatic rings. The van der Waals surface area contributed by atoms with Gasteiger partial charge in [0.15, 0.2) is 0 Å². The maximum absolute atomic E-state index is 13.4. The SMILES string of the molecule is CCCNC(=O)[C@H](C)N(Cc1cccc(Br)c1)C(=O)CN(c1ccc(Cl)cc1)S(C)(=O)=O. The second-order valence-electron chi connectivity index (χ2n) is 7.36. The van der Waals surface area contributed by atoms with E-state index in [0.717, 1.165) is 27.0 Å². The molecule has 0 spiro atoms. The highest BCUT2D eigenvalue weighted by Gasteiger charge is 2.30. The van der Waals surface area contributed by atoms with Crippen LogP contribution in [0, 0.1) is 0 Å². The summed E-state index contributed by atoms with van der Waals surface area (Å²) < 4.78 is 26.8. The molecule has 32 heavy (non-hydrogen) atoms. The van der Waals surface area contributed by atoms with E-state index in [-0.39, 0.29) is 12.5 Å². The first-order chi connectivity index (χ1) is 15.0. The van der Waals surface area contributed by atoms with Crippen molar-refractivity contribution in [2.45, 2.75) is 32.9 Å². The van der Waals surface area contributed by atoms with Gasteiger partial charge in [0.05, 0.1) is 11.9 Å². The molecule has 1 atom stereocenters. The lowest BCUT2D eigenvalue weighted by Gasteiger charge is -2.31. The number of carbonyl (C=O) groups excluding carboxylic acids is 2. The predicted octanol–water partition coefficient (Wildman–Crippen LogP) is 3.81. The van der Waals surface area contributed by atoms with Crippen LogP contribution in [0.4, 0.5) is 5.69 Å². The van der Waals surface area contributed by atoms with Crippen LogP contribution in [0.25, 0.3) is 0 Å². The largest absolute Gasteiger partial charge is 0.354 e. The number of nitrogens with one attached hydrogen (secondary N) is 1. The molecule has 2 amide bonds. The highest BCUT2D eigenvalue weighted by Crippen LogP contribution is 2.22. The molecule has 0 aromatic heterocycles. The molecule has 0 aliphatic rings. The lowest BCUT2D eigenvalue weighted by Crippen LogP contribution is -2.51. The van der Waals surface area contributed by atoms with Crippen molar-refractivity contribution in [3.8, 4) is 0 Å². The van der Waals surface area contributed by atoms with Crippen LogP contribution in [0.15, 0.2) is 53.0 Å². The fraction of sp³-hybridized carbons (Fsp3) is 0.364. The summed E-state index contributed by atoms with van der Waals surface area (Å²) in [7, 11) is -3.76. The number of hydrogen-bond donors (Lipinski definition) is 1. The number of anilines is 1. The Bertz CT molecular complexity index is 1050. The summed E-state index contributed by atoms with van der Waals surface area (Å²) in [6, 6.07) is 12.8. The first-order valence-corrected chi connectivity index (χ1v) is 13.1. The Kier molecular flexibility index (Phi) is 9.54. The van der Waals surface area contributed by atoms with E-state index in [1.165, 1.54) is 17.0 Å². The Morgan fingerprint density at radius 3 is 2.38 bits per heavy atom. The van der Waals surface area contributed by atoms with Crippen molar-refractivity contribution in [3.63, 3.8) is 0 Å². The van der Waals surface area contributed by atoms with Crippen molar-refractivity contribution in [1.82, 2.24) is 10.2 Å². The second kappa shape index (κ2) is 11.7. The van der Waals surface area contributed by atoms with Crippen LogP contribution in [0.2, 0.25) is 5.02 Å². The summed E-state index contributed by atoms with van der Waals surface area (Å²) in [6.07, 6.45) is 1.79. The number of halogens is 2. The Morgan fingerprint density at radius 2 is 1.81 bits per heavy atom. The van der Waals surface area contributed by atoms with Gasteiger partial charge < -0.3 is 10.2 Å². The molecule has 174 valence electrons. The van der Waals surface area contributed by atoms with Crippen molar-refractivity contribution in [3.05, 3.63) is 63.6 Å². The zero-order chi connectivity index (χ0) is 23.9. The molecule has 0 fully saturated rings. The highest BCUT2D eigenvalue weighted by molar-refractivity contribution is 9.10. The lowest BCUT2D eigenvalue weighted by atomic mass is 10.1. The van der Waals surface area contributed by atoms with Gasteiger partial charge in [-0.3, -0.25) is 13.9 Å². The first kappa shape index (κ1) is 26.2. The van der Waals surface area contributed by atoms with Gasteiger partial charge in [-0.05, 0) is 55.3 Å². The molecule has 0 bridgehead atoms. The second-order valence-corrected chi connectivity index (χ2v) is 10.6. The molecule has 1 N–H and O–H groups in total. The molecule has 0 aliphatic heterocycles. The van der Waals surface area contributed by atoms with Crippen molar-refractivity contribution in [2.75, 3.05) is 23.7 Å². The molecule has 0 unspecified atom stereocenters. The Labute approximate surface area is 202 Å². The minimum Gasteiger partial charge on any atom is -0.354 e. The number of benzene rings is 2. The number of hydrogen-bond acceptors (Lipinski definition) is 4. The predicted molar refractivity (Wildman–Crippen MR) is 131 cm³/mol. The van der Waals surface area contributed by atoms with Crippen LogP contribution in [0.5, 0.6) is 0 Å². The summed E-state index contributed by atoms with van der Waals surface area (Å²) in [5.41, 5.74) is 1.12. The summed E-state index contributed by atoms with van der Waals surface area (Å²) in [5, 5.41) is 3.25. The smallest absolute Gasteiger partial charge is 0.244 e. The number of nitrogens with zero attached hydrogens (tertiary/aromatic N) is 2. The molecule has 7 nitrogen and oxygen atoms in total. The zero-order valence-corrected chi connectivity index (χ0v) is 21.4. The van der Waals surface area contributed by atoms with Crippen LogP contribution in [-0.2, 0) is 26.2 Å². The average Bonchev–Trinajstić information content (AvgIpc) is 2.73. The van der Waals surface area contributed by atoms with E-state index < -0.39 is 28.5 Å². The van der Waals surface area contributed by atoms with Gasteiger partial charge in [0.2, 0.25) is 21.8 Å². The summed E-state index contributed by atoms with van der Waals surface area (Å²) in [6.45, 7) is 3.76. The monoisotopic (exact) mass is 543 g/mol. The van der Waals surface area contributed by atoms with E-state index >= 15 is 0 Å². The summed E-state index contributed by atoms with van der Waals surface area (Å²) in [4.78, 5) is 27.4. The van der Waals surface area contributed by atoms with Gasteiger partial charge >= 0.3 is 0 Å². The third kappa shape index (κ3) is 7.50. The van der Waals surface area contributed by atoms with Crippen LogP contribution in [0.1, 0.15) is 25.8 Å². The van der Waals surface area contributed by atoms with Crippen molar-refractivity contribution in [1.29, 1.82) is 0 Å². The van der Waals surface area contributed by atoms with E-state index in [1.807, 2.05) is 31.2 Å². The van der Waals surface area contributed by atoms with E-state index in [1.54, 1.807) is 19.1 Å². The van der Waals surface area contributed by atoms with Crippen molar-refractivity contribution in [2.24, 2.45) is 0 Å². The Morgan fingerprint density at radius 1 is 1.16 bits per heavy atom. The number of rotatable bonds is 10. The van der Waals surface area contributed by atoms with E-state index in [4.69, 9.17) is 11.6 Å². The van der Waals surface area contributed by atoms with Gasteiger partial charge in [-0.1, -0.05) is 46.6 Å². The standard InChI is InChI=1S/C22H27BrClN3O4S/c1-4-12-25-22(29)16(2)26(14-17-6-5-7-18(23)13-17)21(28)15-27(32(3,30)31)20-10-8-19(24)9-11-20/h5-11,13,16H,4,12,14-15H2,1-3H3,(H,25,29)/t16-/m0/s1. The average molecular weight is 545 g/mol. The van der Waals surface area contributed by atoms with Crippen molar-refractivity contribution < 1.29 is 18.0 Å². The third-order valence-electron chi connectivity index (χ3n) is 4.75. The summed E-state index contributed by atoms with van der Waals surface area (Å²) in [5.74, 6) is -0.794. The first-order valence-electron chi connectivity index (χ1n) is 10.1. The van der Waals surface area contributed by atoms with Crippen LogP contribution < -0.4 is 9.62 Å². The van der Waals surface area contributed by atoms with Crippen LogP contribution >= 0.6 is 27.5 Å². The molecular weight excluding hydrogens is 518 g/mol. The van der Waals surface area contributed by atoms with Gasteiger partial charge in [-0.25, -0.2) is 8.42 Å². The van der Waals surface area contributed by atoms with Gasteiger partial charge in [0, 0.05) is 22.6 Å². The normalized spacial score (nSPS) is 12.2. The van der Waals surface area contributed by atoms with Gasteiger partial charge in [0.25, 0.3) is 0 Å². The quantitative estimate of drug-likeness (QED) is 0.493. The highest BCUT2D eigenvalue weighted by atomic mass is 79.9. The van der Waals surface area contributed by atoms with Gasteiger partial charge in [0.1, 0.15) is 12.6 Å². The molecule has 0 radical (unpaired) electrons. The number of amides is 2. The zero-order valence-electron chi connectivity index (χ0n) is 18.2. The fourth-order valence-corrected chi connectivity index (χ4v) is 4.45. The molecule has 0 aliphatic carbocycles. The lowest BCUT2D eigenvalue weighted by molar-refractivity contribution is -0.139. The van der Waals surface area contributed by atoms with Gasteiger partial charge in [-0.15, -0.1) is 0 Å². The minimum absolute atomic E-state index is 0.150. The van der Waals surface area contributed by atoms with Crippen LogP contribution in [0.3, 0.4) is 0 Å². The maximum atomic E-state index is 13.4. The Hall–Kier alpha value is -2.10. The van der Waals surface area contributed by atoms with E-state index in [0.29, 0.717) is 17.3 Å². The molecule has 0 heterocycles. The van der Waals surface area contributed by atoms with Crippen molar-refractivity contribution >= 4 is 55.1 Å². The molecular formula is C22H27BrClN3O4S. The Balaban J connectivity index is 2.35. The van der Waals surface area contributed by atoms with E-state index in [2.05, 4.69) is 21.2 Å². The molecule has 0 saturated carbocycles.